The Morgan fingerprint density at radius 2 is 2.33 bits per heavy atom. The highest BCUT2D eigenvalue weighted by molar-refractivity contribution is 9.10. The Morgan fingerprint density at radius 3 is 2.94 bits per heavy atom. The molecule has 18 heavy (non-hydrogen) atoms. The van der Waals surface area contributed by atoms with Crippen molar-refractivity contribution < 1.29 is 9.53 Å². The molecule has 1 saturated heterocycles. The first-order valence-electron chi connectivity index (χ1n) is 5.85. The fraction of sp³-hybridized carbons (Fsp3) is 0.462. The maximum absolute atomic E-state index is 12.4. The van der Waals surface area contributed by atoms with Gasteiger partial charge in [-0.25, -0.2) is 0 Å². The van der Waals surface area contributed by atoms with Gasteiger partial charge in [0.15, 0.2) is 0 Å². The third-order valence-electron chi connectivity index (χ3n) is 3.03. The first-order chi connectivity index (χ1) is 8.63. The highest BCUT2D eigenvalue weighted by Gasteiger charge is 2.24. The second kappa shape index (κ2) is 5.97. The number of carbonyl (C=O) groups is 1. The summed E-state index contributed by atoms with van der Waals surface area (Å²) in [6.45, 7) is 2.93. The summed E-state index contributed by atoms with van der Waals surface area (Å²) in [5.41, 5.74) is 0.710. The Hall–Kier alpha value is -0.680. The zero-order valence-electron chi connectivity index (χ0n) is 10.5. The van der Waals surface area contributed by atoms with Crippen molar-refractivity contribution in [2.24, 2.45) is 0 Å². The quantitative estimate of drug-likeness (QED) is 0.835. The van der Waals surface area contributed by atoms with Gasteiger partial charge in [0, 0.05) is 29.7 Å². The fourth-order valence-electron chi connectivity index (χ4n) is 1.99. The van der Waals surface area contributed by atoms with E-state index in [1.54, 1.807) is 7.11 Å². The zero-order valence-corrected chi connectivity index (χ0v) is 12.9. The van der Waals surface area contributed by atoms with Gasteiger partial charge >= 0.3 is 0 Å². The number of hydrogen-bond acceptors (Lipinski definition) is 3. The normalized spacial score (nSPS) is 19.7. The van der Waals surface area contributed by atoms with E-state index in [4.69, 9.17) is 4.74 Å². The van der Waals surface area contributed by atoms with Crippen molar-refractivity contribution in [2.75, 3.05) is 25.2 Å². The van der Waals surface area contributed by atoms with Crippen molar-refractivity contribution in [1.29, 1.82) is 0 Å². The highest BCUT2D eigenvalue weighted by atomic mass is 79.9. The number of rotatable bonds is 2. The van der Waals surface area contributed by atoms with E-state index in [1.807, 2.05) is 34.9 Å². The van der Waals surface area contributed by atoms with Gasteiger partial charge in [-0.3, -0.25) is 4.79 Å². The molecule has 2 rings (SSSR count). The number of halogens is 1. The molecule has 1 aliphatic heterocycles. The van der Waals surface area contributed by atoms with E-state index >= 15 is 0 Å². The maximum Gasteiger partial charge on any atom is 0.254 e. The molecule has 0 saturated carbocycles. The Kier molecular flexibility index (Phi) is 4.56. The first-order valence-corrected chi connectivity index (χ1v) is 7.80. The summed E-state index contributed by atoms with van der Waals surface area (Å²) in [7, 11) is 1.62. The molecule has 0 bridgehead atoms. The summed E-state index contributed by atoms with van der Waals surface area (Å²) >= 11 is 5.32. The second-order valence-electron chi connectivity index (χ2n) is 4.27. The molecule has 1 heterocycles. The minimum absolute atomic E-state index is 0.103. The van der Waals surface area contributed by atoms with Crippen molar-refractivity contribution in [1.82, 2.24) is 4.90 Å². The Labute approximate surface area is 120 Å². The minimum Gasteiger partial charge on any atom is -0.496 e. The summed E-state index contributed by atoms with van der Waals surface area (Å²) in [4.78, 5) is 14.4. The predicted octanol–water partition coefficient (Wildman–Crippen LogP) is 3.04. The van der Waals surface area contributed by atoms with Crippen molar-refractivity contribution in [3.63, 3.8) is 0 Å². The standard InChI is InChI=1S/C13H16BrNO2S/c1-9-8-18-6-5-15(9)13(16)10-3-4-12(17-2)11(14)7-10/h3-4,7,9H,5-6,8H2,1-2H3. The van der Waals surface area contributed by atoms with Crippen molar-refractivity contribution in [3.05, 3.63) is 28.2 Å². The van der Waals surface area contributed by atoms with Crippen LogP contribution in [0.2, 0.25) is 0 Å². The average Bonchev–Trinajstić information content (AvgIpc) is 2.38. The molecule has 1 fully saturated rings. The molecule has 98 valence electrons. The summed E-state index contributed by atoms with van der Waals surface area (Å²) in [6, 6.07) is 5.77. The van der Waals surface area contributed by atoms with Gasteiger partial charge in [-0.05, 0) is 41.1 Å². The average molecular weight is 330 g/mol. The van der Waals surface area contributed by atoms with E-state index in [-0.39, 0.29) is 5.91 Å². The molecule has 1 atom stereocenters. The van der Waals surface area contributed by atoms with Gasteiger partial charge in [-0.2, -0.15) is 11.8 Å². The molecular formula is C13H16BrNO2S. The van der Waals surface area contributed by atoms with Crippen molar-refractivity contribution >= 4 is 33.6 Å². The number of methoxy groups -OCH3 is 1. The van der Waals surface area contributed by atoms with Crippen LogP contribution in [-0.4, -0.2) is 42.0 Å². The molecule has 1 aliphatic rings. The van der Waals surface area contributed by atoms with E-state index in [1.165, 1.54) is 0 Å². The molecule has 0 aliphatic carbocycles. The van der Waals surface area contributed by atoms with Crippen LogP contribution in [0.25, 0.3) is 0 Å². The molecule has 0 radical (unpaired) electrons. The van der Waals surface area contributed by atoms with E-state index in [9.17, 15) is 4.79 Å². The number of ether oxygens (including phenoxy) is 1. The van der Waals surface area contributed by atoms with Crippen molar-refractivity contribution in [3.8, 4) is 5.75 Å². The zero-order chi connectivity index (χ0) is 13.1. The number of nitrogens with zero attached hydrogens (tertiary/aromatic N) is 1. The monoisotopic (exact) mass is 329 g/mol. The van der Waals surface area contributed by atoms with Gasteiger partial charge < -0.3 is 9.64 Å². The van der Waals surface area contributed by atoms with Crippen LogP contribution in [0.4, 0.5) is 0 Å². The topological polar surface area (TPSA) is 29.5 Å². The number of benzene rings is 1. The Balaban J connectivity index is 2.20. The summed E-state index contributed by atoms with van der Waals surface area (Å²) in [5.74, 6) is 2.89. The van der Waals surface area contributed by atoms with Crippen LogP contribution >= 0.6 is 27.7 Å². The van der Waals surface area contributed by atoms with Gasteiger partial charge in [0.1, 0.15) is 5.75 Å². The molecule has 0 spiro atoms. The molecule has 1 aromatic rings. The summed E-state index contributed by atoms with van der Waals surface area (Å²) < 4.78 is 5.99. The van der Waals surface area contributed by atoms with Crippen LogP contribution in [0.3, 0.4) is 0 Å². The van der Waals surface area contributed by atoms with Crippen LogP contribution < -0.4 is 4.74 Å². The van der Waals surface area contributed by atoms with Crippen LogP contribution in [0.5, 0.6) is 5.75 Å². The van der Waals surface area contributed by atoms with E-state index in [0.717, 1.165) is 28.3 Å². The summed E-state index contributed by atoms with van der Waals surface area (Å²) in [6.07, 6.45) is 0. The molecule has 3 nitrogen and oxygen atoms in total. The number of thioether (sulfide) groups is 1. The SMILES string of the molecule is COc1ccc(C(=O)N2CCSCC2C)cc1Br. The minimum atomic E-state index is 0.103. The van der Waals surface area contributed by atoms with Crippen LogP contribution in [-0.2, 0) is 0 Å². The predicted molar refractivity (Wildman–Crippen MR) is 78.5 cm³/mol. The van der Waals surface area contributed by atoms with Crippen LogP contribution in [0.15, 0.2) is 22.7 Å². The molecule has 1 amide bonds. The van der Waals surface area contributed by atoms with Gasteiger partial charge in [-0.15, -0.1) is 0 Å². The van der Waals surface area contributed by atoms with Crippen LogP contribution in [0.1, 0.15) is 17.3 Å². The third-order valence-corrected chi connectivity index (χ3v) is 4.84. The number of amides is 1. The van der Waals surface area contributed by atoms with Gasteiger partial charge in [-0.1, -0.05) is 0 Å². The van der Waals surface area contributed by atoms with Gasteiger partial charge in [0.05, 0.1) is 11.6 Å². The smallest absolute Gasteiger partial charge is 0.254 e. The van der Waals surface area contributed by atoms with E-state index < -0.39 is 0 Å². The van der Waals surface area contributed by atoms with E-state index in [2.05, 4.69) is 22.9 Å². The molecule has 5 heteroatoms. The molecule has 0 N–H and O–H groups in total. The Bertz CT molecular complexity index is 453. The maximum atomic E-state index is 12.4. The van der Waals surface area contributed by atoms with Crippen LogP contribution in [0, 0.1) is 0 Å². The third kappa shape index (κ3) is 2.83. The fourth-order valence-corrected chi connectivity index (χ4v) is 3.55. The lowest BCUT2D eigenvalue weighted by atomic mass is 10.1. The molecule has 1 aromatic carbocycles. The summed E-state index contributed by atoms with van der Waals surface area (Å²) in [5, 5.41) is 0. The van der Waals surface area contributed by atoms with Crippen molar-refractivity contribution in [2.45, 2.75) is 13.0 Å². The van der Waals surface area contributed by atoms with Gasteiger partial charge in [0.2, 0.25) is 0 Å². The van der Waals surface area contributed by atoms with E-state index in [0.29, 0.717) is 11.6 Å². The number of carbonyl (C=O) groups excluding carboxylic acids is 1. The number of hydrogen-bond donors (Lipinski definition) is 0. The molecule has 0 aromatic heterocycles. The largest absolute Gasteiger partial charge is 0.496 e. The lowest BCUT2D eigenvalue weighted by Crippen LogP contribution is -2.44. The molecule has 1 unspecified atom stereocenters. The second-order valence-corrected chi connectivity index (χ2v) is 6.28. The highest BCUT2D eigenvalue weighted by Crippen LogP contribution is 2.27. The first kappa shape index (κ1) is 13.7. The Morgan fingerprint density at radius 1 is 1.56 bits per heavy atom. The van der Waals surface area contributed by atoms with Gasteiger partial charge in [0.25, 0.3) is 5.91 Å². The molecular weight excluding hydrogens is 314 g/mol. The lowest BCUT2D eigenvalue weighted by Gasteiger charge is -2.33. The lowest BCUT2D eigenvalue weighted by molar-refractivity contribution is 0.0716.